The van der Waals surface area contributed by atoms with Gasteiger partial charge in [-0.25, -0.2) is 4.68 Å². The lowest BCUT2D eigenvalue weighted by atomic mass is 10.0. The summed E-state index contributed by atoms with van der Waals surface area (Å²) in [4.78, 5) is 28.0. The minimum Gasteiger partial charge on any atom is -0.468 e. The van der Waals surface area contributed by atoms with Crippen LogP contribution in [0.1, 0.15) is 34.7 Å². The van der Waals surface area contributed by atoms with Crippen molar-refractivity contribution in [2.75, 3.05) is 19.0 Å². The predicted octanol–water partition coefficient (Wildman–Crippen LogP) is 2.88. The van der Waals surface area contributed by atoms with Gasteiger partial charge in [0.05, 0.1) is 18.8 Å². The molecule has 1 aliphatic carbocycles. The maximum atomic E-state index is 12.2. The van der Waals surface area contributed by atoms with E-state index in [0.717, 1.165) is 22.2 Å². The molecule has 10 heteroatoms. The molecule has 4 aromatic rings. The van der Waals surface area contributed by atoms with Crippen LogP contribution in [0.2, 0.25) is 0 Å². The van der Waals surface area contributed by atoms with Crippen molar-refractivity contribution < 1.29 is 14.3 Å². The molecule has 1 saturated carbocycles. The number of esters is 1. The summed E-state index contributed by atoms with van der Waals surface area (Å²) in [6.45, 7) is -0.179. The molecule has 2 aromatic carbocycles. The second kappa shape index (κ2) is 8.38. The van der Waals surface area contributed by atoms with E-state index in [-0.39, 0.29) is 12.5 Å². The van der Waals surface area contributed by atoms with Crippen molar-refractivity contribution in [2.45, 2.75) is 18.8 Å². The number of ether oxygens (including phenoxy) is 1. The van der Waals surface area contributed by atoms with Crippen molar-refractivity contribution in [3.63, 3.8) is 0 Å². The van der Waals surface area contributed by atoms with E-state index in [1.54, 1.807) is 28.9 Å². The minimum atomic E-state index is -0.505. The SMILES string of the molecule is COC(=O)CNC(=O)c1ccc(-c2nc(Nc3ccc4[nH]ncc4c3C3CC3)n(C)n2)cc1. The van der Waals surface area contributed by atoms with Gasteiger partial charge in [0.2, 0.25) is 5.95 Å². The third-order valence-corrected chi connectivity index (χ3v) is 5.69. The summed E-state index contributed by atoms with van der Waals surface area (Å²) in [5.74, 6) is 0.827. The first kappa shape index (κ1) is 20.7. The molecule has 0 saturated heterocycles. The molecule has 0 bridgehead atoms. The van der Waals surface area contributed by atoms with Crippen LogP contribution in [0.25, 0.3) is 22.3 Å². The fraction of sp³-hybridized carbons (Fsp3) is 0.261. The molecule has 1 fully saturated rings. The van der Waals surface area contributed by atoms with Gasteiger partial charge in [-0.05, 0) is 48.6 Å². The van der Waals surface area contributed by atoms with Crippen molar-refractivity contribution in [1.82, 2.24) is 30.3 Å². The molecule has 0 unspecified atom stereocenters. The Kier molecular flexibility index (Phi) is 5.25. The number of fused-ring (bicyclic) bond motifs is 1. The molecule has 2 aromatic heterocycles. The van der Waals surface area contributed by atoms with Crippen molar-refractivity contribution in [1.29, 1.82) is 0 Å². The highest BCUT2D eigenvalue weighted by Gasteiger charge is 2.29. The molecular formula is C23H23N7O3. The summed E-state index contributed by atoms with van der Waals surface area (Å²) >= 11 is 0. The maximum Gasteiger partial charge on any atom is 0.325 e. The molecule has 5 rings (SSSR count). The summed E-state index contributed by atoms with van der Waals surface area (Å²) in [6, 6.07) is 11.0. The van der Waals surface area contributed by atoms with Gasteiger partial charge in [0.1, 0.15) is 6.54 Å². The highest BCUT2D eigenvalue weighted by Crippen LogP contribution is 2.47. The minimum absolute atomic E-state index is 0.179. The number of H-pyrrole nitrogens is 1. The Labute approximate surface area is 189 Å². The lowest BCUT2D eigenvalue weighted by Gasteiger charge is -2.11. The first-order chi connectivity index (χ1) is 16.0. The molecule has 0 aliphatic heterocycles. The zero-order valence-corrected chi connectivity index (χ0v) is 18.3. The van der Waals surface area contributed by atoms with Crippen LogP contribution >= 0.6 is 0 Å². The number of amides is 1. The standard InChI is InChI=1S/C23H23N7O3/c1-30-23(26-18-10-9-17-16(11-25-28-17)20(18)13-3-4-13)27-21(29-30)14-5-7-15(8-6-14)22(32)24-12-19(31)33-2/h5-11,13H,3-4,12H2,1-2H3,(H,24,32)(H,25,28)(H,26,27,29). The van der Waals surface area contributed by atoms with Crippen LogP contribution in [0.4, 0.5) is 11.6 Å². The Morgan fingerprint density at radius 2 is 1.97 bits per heavy atom. The molecule has 0 atom stereocenters. The highest BCUT2D eigenvalue weighted by atomic mass is 16.5. The van der Waals surface area contributed by atoms with Gasteiger partial charge < -0.3 is 15.4 Å². The number of carbonyl (C=O) groups excluding carboxylic acids is 2. The van der Waals surface area contributed by atoms with Gasteiger partial charge in [0, 0.05) is 29.2 Å². The fourth-order valence-electron chi connectivity index (χ4n) is 3.79. The molecule has 168 valence electrons. The van der Waals surface area contributed by atoms with Gasteiger partial charge >= 0.3 is 5.97 Å². The van der Waals surface area contributed by atoms with E-state index >= 15 is 0 Å². The van der Waals surface area contributed by atoms with Crippen molar-refractivity contribution in [3.8, 4) is 11.4 Å². The number of anilines is 2. The Hall–Kier alpha value is -4.21. The number of aromatic amines is 1. The zero-order chi connectivity index (χ0) is 22.9. The first-order valence-electron chi connectivity index (χ1n) is 10.6. The molecule has 3 N–H and O–H groups in total. The van der Waals surface area contributed by atoms with Gasteiger partial charge in [-0.1, -0.05) is 12.1 Å². The van der Waals surface area contributed by atoms with E-state index in [0.29, 0.717) is 23.3 Å². The number of hydrogen-bond donors (Lipinski definition) is 3. The Morgan fingerprint density at radius 3 is 2.70 bits per heavy atom. The number of rotatable bonds is 7. The summed E-state index contributed by atoms with van der Waals surface area (Å²) < 4.78 is 6.22. The van der Waals surface area contributed by atoms with Gasteiger partial charge in [-0.3, -0.25) is 14.7 Å². The van der Waals surface area contributed by atoms with Crippen LogP contribution < -0.4 is 10.6 Å². The van der Waals surface area contributed by atoms with Crippen LogP contribution in [0.15, 0.2) is 42.6 Å². The van der Waals surface area contributed by atoms with Crippen LogP contribution in [0.3, 0.4) is 0 Å². The number of nitrogens with zero attached hydrogens (tertiary/aromatic N) is 4. The van der Waals surface area contributed by atoms with Gasteiger partial charge in [0.15, 0.2) is 5.82 Å². The monoisotopic (exact) mass is 445 g/mol. The van der Waals surface area contributed by atoms with E-state index in [9.17, 15) is 9.59 Å². The smallest absolute Gasteiger partial charge is 0.325 e. The summed E-state index contributed by atoms with van der Waals surface area (Å²) in [6.07, 6.45) is 4.21. The third kappa shape index (κ3) is 4.14. The molecule has 2 heterocycles. The summed E-state index contributed by atoms with van der Waals surface area (Å²) in [5.41, 5.74) is 4.49. The van der Waals surface area contributed by atoms with E-state index in [1.165, 1.54) is 25.5 Å². The summed E-state index contributed by atoms with van der Waals surface area (Å²) in [7, 11) is 3.11. The quantitative estimate of drug-likeness (QED) is 0.373. The topological polar surface area (TPSA) is 127 Å². The Bertz CT molecular complexity index is 1340. The number of aromatic nitrogens is 5. The molecular weight excluding hydrogens is 422 g/mol. The third-order valence-electron chi connectivity index (χ3n) is 5.69. The molecule has 0 radical (unpaired) electrons. The number of benzene rings is 2. The van der Waals surface area contributed by atoms with Gasteiger partial charge in [-0.15, -0.1) is 5.10 Å². The van der Waals surface area contributed by atoms with E-state index in [1.807, 2.05) is 25.4 Å². The van der Waals surface area contributed by atoms with Crippen molar-refractivity contribution in [2.24, 2.45) is 7.05 Å². The van der Waals surface area contributed by atoms with Gasteiger partial charge in [0.25, 0.3) is 5.91 Å². The molecule has 33 heavy (non-hydrogen) atoms. The van der Waals surface area contributed by atoms with Gasteiger partial charge in [-0.2, -0.15) is 10.1 Å². The number of nitrogens with one attached hydrogen (secondary N) is 3. The zero-order valence-electron chi connectivity index (χ0n) is 18.3. The largest absolute Gasteiger partial charge is 0.468 e. The van der Waals surface area contributed by atoms with Crippen LogP contribution in [0.5, 0.6) is 0 Å². The van der Waals surface area contributed by atoms with E-state index in [2.05, 4.69) is 35.7 Å². The number of carbonyl (C=O) groups is 2. The van der Waals surface area contributed by atoms with E-state index < -0.39 is 5.97 Å². The Morgan fingerprint density at radius 1 is 1.18 bits per heavy atom. The lowest BCUT2D eigenvalue weighted by molar-refractivity contribution is -0.139. The van der Waals surface area contributed by atoms with E-state index in [4.69, 9.17) is 0 Å². The summed E-state index contributed by atoms with van der Waals surface area (Å²) in [5, 5.41) is 18.8. The van der Waals surface area contributed by atoms with Crippen LogP contribution in [-0.2, 0) is 16.6 Å². The van der Waals surface area contributed by atoms with Crippen LogP contribution in [-0.4, -0.2) is 50.5 Å². The Balaban J connectivity index is 1.35. The number of aryl methyl sites for hydroxylation is 1. The molecule has 1 amide bonds. The first-order valence-corrected chi connectivity index (χ1v) is 10.6. The number of hydrogen-bond acceptors (Lipinski definition) is 7. The number of methoxy groups -OCH3 is 1. The fourth-order valence-corrected chi connectivity index (χ4v) is 3.79. The normalized spacial score (nSPS) is 13.2. The average Bonchev–Trinajstić information content (AvgIpc) is 3.44. The van der Waals surface area contributed by atoms with Crippen molar-refractivity contribution >= 4 is 34.4 Å². The second-order valence-corrected chi connectivity index (χ2v) is 7.98. The molecule has 10 nitrogen and oxygen atoms in total. The maximum absolute atomic E-state index is 12.2. The average molecular weight is 445 g/mol. The van der Waals surface area contributed by atoms with Crippen LogP contribution in [0, 0.1) is 0 Å². The predicted molar refractivity (Wildman–Crippen MR) is 122 cm³/mol. The molecule has 1 aliphatic rings. The van der Waals surface area contributed by atoms with Crippen molar-refractivity contribution in [3.05, 3.63) is 53.7 Å². The second-order valence-electron chi connectivity index (χ2n) is 7.98. The molecule has 0 spiro atoms. The highest BCUT2D eigenvalue weighted by molar-refractivity contribution is 5.96. The lowest BCUT2D eigenvalue weighted by Crippen LogP contribution is -2.30.